The number of carbonyl (C=O) groups is 2. The second-order valence-electron chi connectivity index (χ2n) is 6.74. The summed E-state index contributed by atoms with van der Waals surface area (Å²) in [6.07, 6.45) is 5.54. The van der Waals surface area contributed by atoms with Crippen LogP contribution in [0.25, 0.3) is 0 Å². The van der Waals surface area contributed by atoms with Crippen molar-refractivity contribution >= 4 is 23.2 Å². The van der Waals surface area contributed by atoms with Crippen molar-refractivity contribution in [2.75, 3.05) is 13.1 Å². The number of nitrogens with one attached hydrogen (secondary N) is 1. The van der Waals surface area contributed by atoms with Gasteiger partial charge < -0.3 is 14.6 Å². The van der Waals surface area contributed by atoms with Gasteiger partial charge in [0, 0.05) is 30.3 Å². The summed E-state index contributed by atoms with van der Waals surface area (Å²) in [6, 6.07) is 3.44. The Morgan fingerprint density at radius 1 is 1.36 bits per heavy atom. The van der Waals surface area contributed by atoms with Gasteiger partial charge in [0.2, 0.25) is 5.91 Å². The Kier molecular flexibility index (Phi) is 4.57. The van der Waals surface area contributed by atoms with Gasteiger partial charge in [-0.1, -0.05) is 0 Å². The summed E-state index contributed by atoms with van der Waals surface area (Å²) in [5.74, 6) is 0.956. The van der Waals surface area contributed by atoms with Gasteiger partial charge in [0.05, 0.1) is 23.5 Å². The average molecular weight is 359 g/mol. The molecule has 1 atom stereocenters. The Bertz CT molecular complexity index is 751. The lowest BCUT2D eigenvalue weighted by molar-refractivity contribution is -0.122. The summed E-state index contributed by atoms with van der Waals surface area (Å²) in [5, 5.41) is 6.01. The van der Waals surface area contributed by atoms with Gasteiger partial charge in [-0.05, 0) is 37.8 Å². The third-order valence-corrected chi connectivity index (χ3v) is 5.81. The van der Waals surface area contributed by atoms with Crippen LogP contribution in [0.15, 0.2) is 28.2 Å². The van der Waals surface area contributed by atoms with E-state index in [2.05, 4.69) is 10.3 Å². The van der Waals surface area contributed by atoms with Crippen molar-refractivity contribution < 1.29 is 14.0 Å². The van der Waals surface area contributed by atoms with E-state index >= 15 is 0 Å². The molecule has 3 heterocycles. The summed E-state index contributed by atoms with van der Waals surface area (Å²) in [7, 11) is 0. The molecule has 2 fully saturated rings. The number of hydrogen-bond acceptors (Lipinski definition) is 5. The van der Waals surface area contributed by atoms with Crippen LogP contribution in [0.4, 0.5) is 0 Å². The number of piperidine rings is 1. The minimum atomic E-state index is -0.0526. The lowest BCUT2D eigenvalue weighted by Crippen LogP contribution is -2.39. The van der Waals surface area contributed by atoms with Gasteiger partial charge in [0.15, 0.2) is 5.76 Å². The highest BCUT2D eigenvalue weighted by molar-refractivity contribution is 7.09. The topological polar surface area (TPSA) is 75.4 Å². The van der Waals surface area contributed by atoms with Crippen LogP contribution in [0.1, 0.15) is 52.9 Å². The Hall–Kier alpha value is -2.15. The van der Waals surface area contributed by atoms with Crippen molar-refractivity contribution in [2.24, 2.45) is 5.92 Å². The molecule has 7 heteroatoms. The Balaban J connectivity index is 1.36. The molecule has 132 valence electrons. The van der Waals surface area contributed by atoms with Gasteiger partial charge in [0.25, 0.3) is 5.91 Å². The molecule has 0 spiro atoms. The third-order valence-electron chi connectivity index (χ3n) is 4.75. The molecule has 2 amide bonds. The fourth-order valence-corrected chi connectivity index (χ4v) is 4.13. The maximum absolute atomic E-state index is 12.5. The first-order valence-electron chi connectivity index (χ1n) is 8.75. The van der Waals surface area contributed by atoms with E-state index in [0.717, 1.165) is 42.9 Å². The highest BCUT2D eigenvalue weighted by atomic mass is 32.1. The molecule has 2 aromatic heterocycles. The Morgan fingerprint density at radius 3 is 3.00 bits per heavy atom. The van der Waals surface area contributed by atoms with Gasteiger partial charge >= 0.3 is 0 Å². The molecule has 1 unspecified atom stereocenters. The molecule has 1 N–H and O–H groups in total. The summed E-state index contributed by atoms with van der Waals surface area (Å²) in [4.78, 5) is 30.7. The van der Waals surface area contributed by atoms with Crippen LogP contribution in [0.2, 0.25) is 0 Å². The van der Waals surface area contributed by atoms with E-state index in [1.165, 1.54) is 6.26 Å². The summed E-state index contributed by atoms with van der Waals surface area (Å²) in [5.41, 5.74) is 0.906. The molecule has 4 rings (SSSR count). The number of rotatable bonds is 5. The summed E-state index contributed by atoms with van der Waals surface area (Å²) >= 11 is 1.62. The number of nitrogens with zero attached hydrogens (tertiary/aromatic N) is 2. The summed E-state index contributed by atoms with van der Waals surface area (Å²) < 4.78 is 5.23. The predicted molar refractivity (Wildman–Crippen MR) is 93.3 cm³/mol. The van der Waals surface area contributed by atoms with E-state index in [1.807, 2.05) is 10.3 Å². The molecule has 2 aliphatic rings. The molecule has 1 saturated carbocycles. The minimum absolute atomic E-state index is 0.0526. The molecule has 0 radical (unpaired) electrons. The third kappa shape index (κ3) is 3.76. The van der Waals surface area contributed by atoms with E-state index in [9.17, 15) is 9.59 Å². The zero-order valence-corrected chi connectivity index (χ0v) is 14.8. The highest BCUT2D eigenvalue weighted by Gasteiger charge is 2.30. The molecular formula is C18H21N3O3S. The SMILES string of the molecule is O=C(NCc1csc(C2CCCN(C(=O)c3ccco3)C2)n1)C1CC1. The fraction of sp³-hybridized carbons (Fsp3) is 0.500. The van der Waals surface area contributed by atoms with Crippen molar-refractivity contribution in [1.82, 2.24) is 15.2 Å². The van der Waals surface area contributed by atoms with Crippen molar-refractivity contribution in [3.8, 4) is 0 Å². The van der Waals surface area contributed by atoms with Crippen molar-refractivity contribution in [2.45, 2.75) is 38.1 Å². The molecule has 1 aliphatic carbocycles. The smallest absolute Gasteiger partial charge is 0.289 e. The highest BCUT2D eigenvalue weighted by Crippen LogP contribution is 2.31. The standard InChI is InChI=1S/C18H21N3O3S/c22-16(12-5-6-12)19-9-14-11-25-17(20-14)13-3-1-7-21(10-13)18(23)15-4-2-8-24-15/h2,4,8,11-13H,1,3,5-7,9-10H2,(H,19,22). The first-order chi connectivity index (χ1) is 12.2. The van der Waals surface area contributed by atoms with Gasteiger partial charge in [0.1, 0.15) is 0 Å². The predicted octanol–water partition coefficient (Wildman–Crippen LogP) is 2.78. The minimum Gasteiger partial charge on any atom is -0.459 e. The molecule has 0 aromatic carbocycles. The van der Waals surface area contributed by atoms with Crippen LogP contribution in [0.3, 0.4) is 0 Å². The van der Waals surface area contributed by atoms with Crippen LogP contribution in [0.5, 0.6) is 0 Å². The first kappa shape index (κ1) is 16.3. The number of hydrogen-bond donors (Lipinski definition) is 1. The van der Waals surface area contributed by atoms with Crippen LogP contribution >= 0.6 is 11.3 Å². The van der Waals surface area contributed by atoms with Crippen molar-refractivity contribution in [3.63, 3.8) is 0 Å². The number of carbonyl (C=O) groups excluding carboxylic acids is 2. The zero-order valence-electron chi connectivity index (χ0n) is 13.9. The van der Waals surface area contributed by atoms with Crippen LogP contribution in [0, 0.1) is 5.92 Å². The number of amides is 2. The second kappa shape index (κ2) is 7.00. The van der Waals surface area contributed by atoms with Crippen LogP contribution < -0.4 is 5.32 Å². The lowest BCUT2D eigenvalue weighted by Gasteiger charge is -2.31. The van der Waals surface area contributed by atoms with Crippen molar-refractivity contribution in [3.05, 3.63) is 40.2 Å². The van der Waals surface area contributed by atoms with Gasteiger partial charge in [-0.25, -0.2) is 4.98 Å². The number of aromatic nitrogens is 1. The molecular weight excluding hydrogens is 338 g/mol. The lowest BCUT2D eigenvalue weighted by atomic mass is 9.98. The fourth-order valence-electron chi connectivity index (χ4n) is 3.18. The van der Waals surface area contributed by atoms with E-state index in [-0.39, 0.29) is 23.7 Å². The van der Waals surface area contributed by atoms with E-state index < -0.39 is 0 Å². The second-order valence-corrected chi connectivity index (χ2v) is 7.63. The normalized spacial score (nSPS) is 20.5. The number of thiazole rings is 1. The number of likely N-dealkylation sites (tertiary alicyclic amines) is 1. The van der Waals surface area contributed by atoms with E-state index in [0.29, 0.717) is 18.8 Å². The Morgan fingerprint density at radius 2 is 2.24 bits per heavy atom. The van der Waals surface area contributed by atoms with E-state index in [1.54, 1.807) is 23.5 Å². The molecule has 1 saturated heterocycles. The quantitative estimate of drug-likeness (QED) is 0.891. The van der Waals surface area contributed by atoms with Gasteiger partial charge in [-0.2, -0.15) is 0 Å². The first-order valence-corrected chi connectivity index (χ1v) is 9.63. The van der Waals surface area contributed by atoms with Crippen LogP contribution in [-0.2, 0) is 11.3 Å². The molecule has 0 bridgehead atoms. The largest absolute Gasteiger partial charge is 0.459 e. The van der Waals surface area contributed by atoms with Gasteiger partial charge in [-0.3, -0.25) is 9.59 Å². The zero-order chi connectivity index (χ0) is 17.2. The maximum Gasteiger partial charge on any atom is 0.289 e. The average Bonchev–Trinajstić information content (AvgIpc) is 3.15. The van der Waals surface area contributed by atoms with Crippen molar-refractivity contribution in [1.29, 1.82) is 0 Å². The van der Waals surface area contributed by atoms with E-state index in [4.69, 9.17) is 4.42 Å². The molecule has 1 aliphatic heterocycles. The molecule has 2 aromatic rings. The summed E-state index contributed by atoms with van der Waals surface area (Å²) in [6.45, 7) is 1.92. The number of furan rings is 1. The Labute approximate surface area is 150 Å². The molecule has 25 heavy (non-hydrogen) atoms. The van der Waals surface area contributed by atoms with Gasteiger partial charge in [-0.15, -0.1) is 11.3 Å². The van der Waals surface area contributed by atoms with Crippen LogP contribution in [-0.4, -0.2) is 34.8 Å². The maximum atomic E-state index is 12.5. The monoisotopic (exact) mass is 359 g/mol. The molecule has 6 nitrogen and oxygen atoms in total.